The molecule has 4 nitrogen and oxygen atoms in total. The third-order valence-electron chi connectivity index (χ3n) is 5.28. The van der Waals surface area contributed by atoms with Gasteiger partial charge >= 0.3 is 0 Å². The highest BCUT2D eigenvalue weighted by Gasteiger charge is 2.08. The summed E-state index contributed by atoms with van der Waals surface area (Å²) in [6.45, 7) is 20.1. The van der Waals surface area contributed by atoms with Gasteiger partial charge in [0.1, 0.15) is 5.75 Å². The van der Waals surface area contributed by atoms with Crippen molar-refractivity contribution in [3.63, 3.8) is 0 Å². The summed E-state index contributed by atoms with van der Waals surface area (Å²) >= 11 is 0. The van der Waals surface area contributed by atoms with E-state index in [1.54, 1.807) is 0 Å². The van der Waals surface area contributed by atoms with Crippen LogP contribution in [0.2, 0.25) is 0 Å². The predicted molar refractivity (Wildman–Crippen MR) is 141 cm³/mol. The Labute approximate surface area is 196 Å². The van der Waals surface area contributed by atoms with Crippen LogP contribution in [-0.4, -0.2) is 44.2 Å². The summed E-state index contributed by atoms with van der Waals surface area (Å²) in [5.41, 5.74) is 11.8. The number of allylic oxidation sites excluding steroid dienone is 7. The van der Waals surface area contributed by atoms with Gasteiger partial charge in [-0.3, -0.25) is 0 Å². The maximum atomic E-state index is 5.83. The minimum absolute atomic E-state index is 0.670. The van der Waals surface area contributed by atoms with Gasteiger partial charge in [-0.15, -0.1) is 0 Å². The molecule has 0 saturated carbocycles. The van der Waals surface area contributed by atoms with Gasteiger partial charge in [0.05, 0.1) is 6.61 Å². The first-order valence-electron chi connectivity index (χ1n) is 12.2. The van der Waals surface area contributed by atoms with Crippen molar-refractivity contribution in [2.45, 2.75) is 53.9 Å². The summed E-state index contributed by atoms with van der Waals surface area (Å²) in [6.07, 6.45) is 11.7. The largest absolute Gasteiger partial charge is 0.493 e. The number of nitrogens with zero attached hydrogens (tertiary/aromatic N) is 1. The van der Waals surface area contributed by atoms with Crippen LogP contribution >= 0.6 is 0 Å². The molecule has 3 N–H and O–H groups in total. The minimum Gasteiger partial charge on any atom is -0.493 e. The Morgan fingerprint density at radius 2 is 1.94 bits per heavy atom. The number of hydrogen-bond donors (Lipinski definition) is 2. The van der Waals surface area contributed by atoms with Gasteiger partial charge in [-0.1, -0.05) is 63.3 Å². The molecule has 1 aliphatic heterocycles. The molecular formula is C28H45N3O. The third-order valence-corrected chi connectivity index (χ3v) is 5.28. The molecule has 1 saturated heterocycles. The number of ether oxygens (including phenoxy) is 1. The lowest BCUT2D eigenvalue weighted by Gasteiger charge is -2.29. The van der Waals surface area contributed by atoms with E-state index < -0.39 is 0 Å². The van der Waals surface area contributed by atoms with Crippen LogP contribution in [-0.2, 0) is 6.42 Å². The van der Waals surface area contributed by atoms with Gasteiger partial charge in [-0.05, 0) is 68.5 Å². The number of nitrogens with one attached hydrogen (secondary N) is 1. The second-order valence-corrected chi connectivity index (χ2v) is 7.82. The van der Waals surface area contributed by atoms with Crippen molar-refractivity contribution in [2.24, 2.45) is 5.73 Å². The molecule has 0 atom stereocenters. The van der Waals surface area contributed by atoms with Crippen molar-refractivity contribution in [1.82, 2.24) is 10.2 Å². The van der Waals surface area contributed by atoms with Gasteiger partial charge in [0.25, 0.3) is 0 Å². The fraction of sp³-hybridized carbons (Fsp3) is 0.500. The zero-order chi connectivity index (χ0) is 23.8. The quantitative estimate of drug-likeness (QED) is 0.534. The zero-order valence-corrected chi connectivity index (χ0v) is 21.0. The fourth-order valence-corrected chi connectivity index (χ4v) is 3.49. The lowest BCUT2D eigenvalue weighted by Crippen LogP contribution is -2.42. The van der Waals surface area contributed by atoms with Gasteiger partial charge in [0, 0.05) is 31.9 Å². The smallest absolute Gasteiger partial charge is 0.122 e. The Kier molecular flexibility index (Phi) is 14.2. The van der Waals surface area contributed by atoms with E-state index in [1.807, 2.05) is 13.8 Å². The Morgan fingerprint density at radius 3 is 2.53 bits per heavy atom. The first-order valence-corrected chi connectivity index (χ1v) is 12.2. The maximum absolute atomic E-state index is 5.83. The van der Waals surface area contributed by atoms with Crippen LogP contribution < -0.4 is 15.8 Å². The molecule has 32 heavy (non-hydrogen) atoms. The second-order valence-electron chi connectivity index (χ2n) is 7.82. The molecule has 0 radical (unpaired) electrons. The van der Waals surface area contributed by atoms with Crippen LogP contribution in [0.1, 0.15) is 58.6 Å². The fourth-order valence-electron chi connectivity index (χ4n) is 3.49. The van der Waals surface area contributed by atoms with Gasteiger partial charge in [-0.2, -0.15) is 0 Å². The number of nitrogens with two attached hydrogens (primary N) is 1. The van der Waals surface area contributed by atoms with Gasteiger partial charge < -0.3 is 20.7 Å². The molecule has 178 valence electrons. The van der Waals surface area contributed by atoms with Crippen LogP contribution in [0, 0.1) is 0 Å². The highest BCUT2D eigenvalue weighted by atomic mass is 16.5. The van der Waals surface area contributed by atoms with E-state index in [0.717, 1.165) is 51.2 Å². The minimum atomic E-state index is 0.670. The molecule has 1 heterocycles. The molecular weight excluding hydrogens is 394 g/mol. The number of rotatable bonds is 7. The van der Waals surface area contributed by atoms with Crippen LogP contribution in [0.3, 0.4) is 0 Å². The van der Waals surface area contributed by atoms with Crippen molar-refractivity contribution in [2.75, 3.05) is 39.3 Å². The summed E-state index contributed by atoms with van der Waals surface area (Å²) in [5, 5.41) is 3.29. The lowest BCUT2D eigenvalue weighted by atomic mass is 9.99. The van der Waals surface area contributed by atoms with Crippen molar-refractivity contribution >= 4 is 5.57 Å². The zero-order valence-electron chi connectivity index (χ0n) is 21.0. The Balaban J connectivity index is 0.000000388. The molecule has 1 aromatic carbocycles. The van der Waals surface area contributed by atoms with E-state index >= 15 is 0 Å². The van der Waals surface area contributed by atoms with E-state index in [9.17, 15) is 0 Å². The monoisotopic (exact) mass is 439 g/mol. The molecule has 0 aromatic heterocycles. The molecule has 1 fully saturated rings. The van der Waals surface area contributed by atoms with Crippen LogP contribution in [0.5, 0.6) is 5.75 Å². The maximum Gasteiger partial charge on any atom is 0.122 e. The molecule has 3 rings (SSSR count). The van der Waals surface area contributed by atoms with E-state index in [-0.39, 0.29) is 0 Å². The molecule has 0 bridgehead atoms. The number of piperazine rings is 1. The predicted octanol–water partition coefficient (Wildman–Crippen LogP) is 5.72. The number of hydrogen-bond acceptors (Lipinski definition) is 4. The van der Waals surface area contributed by atoms with Crippen LogP contribution in [0.15, 0.2) is 60.4 Å². The first-order chi connectivity index (χ1) is 15.5. The van der Waals surface area contributed by atoms with Gasteiger partial charge in [0.15, 0.2) is 0 Å². The normalized spacial score (nSPS) is 15.2. The SMILES string of the molecule is C=C(C)N1CCNCC1.CC.CCc1cc(C2=CCC=CC(C)=C2)ccc1OCCCN. The van der Waals surface area contributed by atoms with E-state index in [0.29, 0.717) is 13.2 Å². The Bertz CT molecular complexity index is 771. The summed E-state index contributed by atoms with van der Waals surface area (Å²) in [7, 11) is 0. The van der Waals surface area contributed by atoms with Gasteiger partial charge in [-0.25, -0.2) is 0 Å². The number of aryl methyl sites for hydroxylation is 1. The summed E-state index contributed by atoms with van der Waals surface area (Å²) in [4.78, 5) is 2.30. The standard InChI is InChI=1S/C19H25NO.C7H14N2.C2H6/c1-3-16-14-18(9-10-19(16)21-12-6-11-20)17-8-5-4-7-15(2)13-17;1-7(2)9-5-3-8-4-6-9;1-2/h4,7-10,13-14H,3,5-6,11-12,20H2,1-2H3;8H,1,3-6H2,2H3;1-2H3. The molecule has 1 aliphatic carbocycles. The van der Waals surface area contributed by atoms with Crippen molar-refractivity contribution in [1.29, 1.82) is 0 Å². The number of benzene rings is 1. The van der Waals surface area contributed by atoms with Gasteiger partial charge in [0.2, 0.25) is 0 Å². The summed E-state index contributed by atoms with van der Waals surface area (Å²) in [6, 6.07) is 6.49. The van der Waals surface area contributed by atoms with E-state index in [4.69, 9.17) is 10.5 Å². The molecule has 4 heteroatoms. The van der Waals surface area contributed by atoms with Crippen LogP contribution in [0.25, 0.3) is 5.57 Å². The topological polar surface area (TPSA) is 50.5 Å². The molecule has 0 amide bonds. The van der Waals surface area contributed by atoms with Crippen LogP contribution in [0.4, 0.5) is 0 Å². The molecule has 1 aromatic rings. The highest BCUT2D eigenvalue weighted by molar-refractivity contribution is 5.76. The Hall–Kier alpha value is -2.30. The molecule has 2 aliphatic rings. The third kappa shape index (κ3) is 9.88. The van der Waals surface area contributed by atoms with E-state index in [1.165, 1.54) is 28.0 Å². The average Bonchev–Trinajstić information content (AvgIpc) is 3.06. The lowest BCUT2D eigenvalue weighted by molar-refractivity contribution is 0.301. The van der Waals surface area contributed by atoms with Crippen molar-refractivity contribution < 1.29 is 4.74 Å². The Morgan fingerprint density at radius 1 is 1.22 bits per heavy atom. The first kappa shape index (κ1) is 27.7. The molecule has 0 spiro atoms. The summed E-state index contributed by atoms with van der Waals surface area (Å²) in [5.74, 6) is 0.989. The molecule has 0 unspecified atom stereocenters. The average molecular weight is 440 g/mol. The highest BCUT2D eigenvalue weighted by Crippen LogP contribution is 2.27. The second kappa shape index (κ2) is 16.3. The summed E-state index contributed by atoms with van der Waals surface area (Å²) < 4.78 is 5.83. The van der Waals surface area contributed by atoms with Crippen molar-refractivity contribution in [3.8, 4) is 5.75 Å². The van der Waals surface area contributed by atoms with E-state index in [2.05, 4.69) is 80.1 Å². The van der Waals surface area contributed by atoms with Crippen molar-refractivity contribution in [3.05, 3.63) is 71.5 Å².